The van der Waals surface area contributed by atoms with E-state index in [0.717, 1.165) is 22.6 Å². The average molecular weight is 309 g/mol. The van der Waals surface area contributed by atoms with Crippen molar-refractivity contribution >= 4 is 22.9 Å². The topological polar surface area (TPSA) is 43.3 Å². The lowest BCUT2D eigenvalue weighted by atomic mass is 10.0. The van der Waals surface area contributed by atoms with E-state index in [1.165, 1.54) is 11.1 Å². The van der Waals surface area contributed by atoms with E-state index in [4.69, 9.17) is 22.9 Å². The molecule has 1 atom stereocenters. The molecule has 4 heteroatoms. The van der Waals surface area contributed by atoms with Crippen LogP contribution in [0.2, 0.25) is 0 Å². The van der Waals surface area contributed by atoms with E-state index >= 15 is 0 Å². The van der Waals surface area contributed by atoms with Gasteiger partial charge < -0.3 is 10.1 Å². The first-order valence-corrected chi connectivity index (χ1v) is 7.73. The van der Waals surface area contributed by atoms with Crippen molar-refractivity contribution in [2.24, 2.45) is 5.73 Å². The molecule has 0 fully saturated rings. The molecule has 0 aliphatic rings. The Balaban J connectivity index is 2.30. The summed E-state index contributed by atoms with van der Waals surface area (Å²) >= 11 is 5.22. The lowest BCUT2D eigenvalue weighted by Gasteiger charge is -2.12. The number of imidazole rings is 1. The SMILES string of the molecule is Cc1ccc(-c2nc3cc(C)ccn3c2C(C)C(N)=S)cc1. The standard InChI is InChI=1S/C18H19N3S/c1-11-4-6-14(7-5-11)16-17(13(3)18(19)22)21-9-8-12(2)10-15(21)20-16/h4-10,13H,1-3H3,(H2,19,22). The van der Waals surface area contributed by atoms with Crippen LogP contribution in [0.25, 0.3) is 16.9 Å². The third kappa shape index (κ3) is 2.50. The van der Waals surface area contributed by atoms with Gasteiger partial charge in [-0.05, 0) is 31.5 Å². The highest BCUT2D eigenvalue weighted by molar-refractivity contribution is 7.80. The van der Waals surface area contributed by atoms with E-state index in [1.54, 1.807) is 0 Å². The number of thiocarbonyl (C=S) groups is 1. The van der Waals surface area contributed by atoms with Crippen molar-refractivity contribution < 1.29 is 0 Å². The van der Waals surface area contributed by atoms with Crippen molar-refractivity contribution in [2.75, 3.05) is 0 Å². The van der Waals surface area contributed by atoms with Crippen LogP contribution >= 0.6 is 12.2 Å². The summed E-state index contributed by atoms with van der Waals surface area (Å²) in [6.45, 7) is 6.18. The lowest BCUT2D eigenvalue weighted by molar-refractivity contribution is 0.929. The van der Waals surface area contributed by atoms with Crippen LogP contribution in [-0.4, -0.2) is 14.4 Å². The van der Waals surface area contributed by atoms with Crippen LogP contribution in [0.3, 0.4) is 0 Å². The second-order valence-electron chi connectivity index (χ2n) is 5.77. The van der Waals surface area contributed by atoms with E-state index in [-0.39, 0.29) is 5.92 Å². The normalized spacial score (nSPS) is 12.5. The van der Waals surface area contributed by atoms with Crippen molar-refractivity contribution in [3.63, 3.8) is 0 Å². The molecule has 22 heavy (non-hydrogen) atoms. The Morgan fingerprint density at radius 2 is 1.82 bits per heavy atom. The number of fused-ring (bicyclic) bond motifs is 1. The van der Waals surface area contributed by atoms with Crippen molar-refractivity contribution in [3.05, 3.63) is 59.4 Å². The molecule has 3 nitrogen and oxygen atoms in total. The minimum absolute atomic E-state index is 0.0380. The van der Waals surface area contributed by atoms with Gasteiger partial charge in [-0.1, -0.05) is 49.0 Å². The molecule has 0 aliphatic carbocycles. The Morgan fingerprint density at radius 1 is 1.14 bits per heavy atom. The zero-order valence-corrected chi connectivity index (χ0v) is 13.8. The Kier molecular flexibility index (Phi) is 3.71. The first kappa shape index (κ1) is 14.7. The maximum absolute atomic E-state index is 5.91. The first-order chi connectivity index (χ1) is 10.5. The number of benzene rings is 1. The highest BCUT2D eigenvalue weighted by Crippen LogP contribution is 2.30. The van der Waals surface area contributed by atoms with Gasteiger partial charge in [-0.25, -0.2) is 4.98 Å². The van der Waals surface area contributed by atoms with Crippen LogP contribution in [0.15, 0.2) is 42.6 Å². The third-order valence-corrected chi connectivity index (χ3v) is 4.33. The fourth-order valence-electron chi connectivity index (χ4n) is 2.64. The molecule has 0 saturated heterocycles. The van der Waals surface area contributed by atoms with E-state index in [1.807, 2.05) is 13.1 Å². The summed E-state index contributed by atoms with van der Waals surface area (Å²) in [7, 11) is 0. The van der Waals surface area contributed by atoms with E-state index in [2.05, 4.69) is 54.6 Å². The van der Waals surface area contributed by atoms with E-state index in [9.17, 15) is 0 Å². The fraction of sp³-hybridized carbons (Fsp3) is 0.222. The number of hydrogen-bond acceptors (Lipinski definition) is 2. The Bertz CT molecular complexity index is 847. The number of nitrogens with two attached hydrogens (primary N) is 1. The summed E-state index contributed by atoms with van der Waals surface area (Å²) in [5.41, 5.74) is 12.3. The second-order valence-corrected chi connectivity index (χ2v) is 6.24. The molecule has 112 valence electrons. The maximum atomic E-state index is 5.91. The van der Waals surface area contributed by atoms with Gasteiger partial charge in [-0.2, -0.15) is 0 Å². The van der Waals surface area contributed by atoms with Gasteiger partial charge in [0.1, 0.15) is 5.65 Å². The quantitative estimate of drug-likeness (QED) is 0.743. The lowest BCUT2D eigenvalue weighted by Crippen LogP contribution is -2.18. The molecule has 0 spiro atoms. The van der Waals surface area contributed by atoms with Gasteiger partial charge in [-0.15, -0.1) is 0 Å². The number of hydrogen-bond donors (Lipinski definition) is 1. The Morgan fingerprint density at radius 3 is 2.45 bits per heavy atom. The molecule has 0 amide bonds. The largest absolute Gasteiger partial charge is 0.393 e. The smallest absolute Gasteiger partial charge is 0.137 e. The third-order valence-electron chi connectivity index (χ3n) is 3.98. The molecule has 2 heterocycles. The molecule has 1 aromatic carbocycles. The van der Waals surface area contributed by atoms with Crippen LogP contribution < -0.4 is 5.73 Å². The summed E-state index contributed by atoms with van der Waals surface area (Å²) in [6.07, 6.45) is 2.04. The number of nitrogens with zero attached hydrogens (tertiary/aromatic N) is 2. The zero-order chi connectivity index (χ0) is 15.9. The Hall–Kier alpha value is -2.20. The van der Waals surface area contributed by atoms with Gasteiger partial charge in [-0.3, -0.25) is 0 Å². The predicted octanol–water partition coefficient (Wildman–Crippen LogP) is 4.01. The summed E-state index contributed by atoms with van der Waals surface area (Å²) in [5, 5.41) is 0. The minimum atomic E-state index is -0.0380. The zero-order valence-electron chi connectivity index (χ0n) is 13.0. The molecule has 3 rings (SSSR count). The monoisotopic (exact) mass is 309 g/mol. The van der Waals surface area contributed by atoms with Crippen LogP contribution in [0.5, 0.6) is 0 Å². The number of aromatic nitrogens is 2. The van der Waals surface area contributed by atoms with Crippen LogP contribution in [0, 0.1) is 13.8 Å². The average Bonchev–Trinajstić information content (AvgIpc) is 2.85. The van der Waals surface area contributed by atoms with Crippen molar-refractivity contribution in [1.29, 1.82) is 0 Å². The van der Waals surface area contributed by atoms with Gasteiger partial charge >= 0.3 is 0 Å². The van der Waals surface area contributed by atoms with Gasteiger partial charge in [0.25, 0.3) is 0 Å². The summed E-state index contributed by atoms with van der Waals surface area (Å²) in [6, 6.07) is 12.5. The van der Waals surface area contributed by atoms with Crippen LogP contribution in [-0.2, 0) is 0 Å². The number of rotatable bonds is 3. The summed E-state index contributed by atoms with van der Waals surface area (Å²) < 4.78 is 2.09. The number of aryl methyl sites for hydroxylation is 2. The Labute approximate surface area is 135 Å². The highest BCUT2D eigenvalue weighted by atomic mass is 32.1. The van der Waals surface area contributed by atoms with Crippen LogP contribution in [0.1, 0.15) is 29.7 Å². The summed E-state index contributed by atoms with van der Waals surface area (Å²) in [5.74, 6) is -0.0380. The molecule has 2 N–H and O–H groups in total. The van der Waals surface area contributed by atoms with E-state index < -0.39 is 0 Å². The molecule has 0 aliphatic heterocycles. The summed E-state index contributed by atoms with van der Waals surface area (Å²) in [4.78, 5) is 5.31. The molecule has 0 radical (unpaired) electrons. The highest BCUT2D eigenvalue weighted by Gasteiger charge is 2.21. The molecular formula is C18H19N3S. The predicted molar refractivity (Wildman–Crippen MR) is 95.3 cm³/mol. The van der Waals surface area contributed by atoms with Crippen LogP contribution in [0.4, 0.5) is 0 Å². The van der Waals surface area contributed by atoms with Gasteiger partial charge in [0.2, 0.25) is 0 Å². The van der Waals surface area contributed by atoms with Gasteiger partial charge in [0, 0.05) is 17.7 Å². The number of pyridine rings is 1. The molecular weight excluding hydrogens is 290 g/mol. The molecule has 0 bridgehead atoms. The second kappa shape index (κ2) is 5.54. The van der Waals surface area contributed by atoms with Gasteiger partial charge in [0.15, 0.2) is 0 Å². The van der Waals surface area contributed by atoms with Crippen molar-refractivity contribution in [2.45, 2.75) is 26.7 Å². The molecule has 2 aromatic heterocycles. The van der Waals surface area contributed by atoms with E-state index in [0.29, 0.717) is 4.99 Å². The first-order valence-electron chi connectivity index (χ1n) is 7.32. The van der Waals surface area contributed by atoms with Gasteiger partial charge in [0.05, 0.1) is 16.4 Å². The minimum Gasteiger partial charge on any atom is -0.393 e. The van der Waals surface area contributed by atoms with Crippen molar-refractivity contribution in [1.82, 2.24) is 9.38 Å². The fourth-order valence-corrected chi connectivity index (χ4v) is 2.75. The maximum Gasteiger partial charge on any atom is 0.137 e. The molecule has 1 unspecified atom stereocenters. The van der Waals surface area contributed by atoms with Crippen molar-refractivity contribution in [3.8, 4) is 11.3 Å². The molecule has 3 aromatic rings. The molecule has 0 saturated carbocycles.